The Hall–Kier alpha value is -3.22. The van der Waals surface area contributed by atoms with Crippen molar-refractivity contribution in [3.8, 4) is 28.7 Å². The Balaban J connectivity index is 2.01. The van der Waals surface area contributed by atoms with Crippen LogP contribution in [0.25, 0.3) is 0 Å². The van der Waals surface area contributed by atoms with Gasteiger partial charge in [-0.3, -0.25) is 9.59 Å². The molecule has 0 aliphatic heterocycles. The van der Waals surface area contributed by atoms with E-state index in [1.165, 1.54) is 32.2 Å². The molecule has 0 aliphatic carbocycles. The highest BCUT2D eigenvalue weighted by Crippen LogP contribution is 2.41. The Bertz CT molecular complexity index is 907. The highest BCUT2D eigenvalue weighted by molar-refractivity contribution is 5.79. The number of ether oxygens (including phenoxy) is 3. The fourth-order valence-electron chi connectivity index (χ4n) is 3.41. The van der Waals surface area contributed by atoms with Gasteiger partial charge < -0.3 is 24.4 Å². The number of rotatable bonds is 13. The molecule has 2 aromatic carbocycles. The van der Waals surface area contributed by atoms with Gasteiger partial charge >= 0.3 is 5.97 Å². The van der Waals surface area contributed by atoms with Gasteiger partial charge in [0.05, 0.1) is 7.11 Å². The van der Waals surface area contributed by atoms with Crippen molar-refractivity contribution in [1.29, 1.82) is 0 Å². The summed E-state index contributed by atoms with van der Waals surface area (Å²) >= 11 is 0. The third kappa shape index (κ3) is 8.13. The summed E-state index contributed by atoms with van der Waals surface area (Å²) in [7, 11) is 1.46. The minimum Gasteiger partial charge on any atom is -0.508 e. The van der Waals surface area contributed by atoms with Crippen LogP contribution in [-0.2, 0) is 20.7 Å². The summed E-state index contributed by atoms with van der Waals surface area (Å²) in [6.45, 7) is 3.45. The van der Waals surface area contributed by atoms with E-state index in [1.807, 2.05) is 0 Å². The van der Waals surface area contributed by atoms with Crippen molar-refractivity contribution in [2.75, 3.05) is 7.11 Å². The predicted octanol–water partition coefficient (Wildman–Crippen LogP) is 5.30. The quantitative estimate of drug-likeness (QED) is 0.319. The molecule has 32 heavy (non-hydrogen) atoms. The molecular weight excluding hydrogens is 412 g/mol. The first kappa shape index (κ1) is 25.0. The lowest BCUT2D eigenvalue weighted by molar-refractivity contribution is -0.148. The number of unbranched alkanes of at least 4 members (excludes halogenated alkanes) is 2. The van der Waals surface area contributed by atoms with E-state index in [4.69, 9.17) is 14.2 Å². The number of aromatic hydroxyl groups is 2. The summed E-state index contributed by atoms with van der Waals surface area (Å²) < 4.78 is 16.3. The zero-order valence-electron chi connectivity index (χ0n) is 18.9. The molecule has 0 fully saturated rings. The molecule has 0 saturated heterocycles. The zero-order chi connectivity index (χ0) is 23.5. The zero-order valence-corrected chi connectivity index (χ0v) is 18.9. The van der Waals surface area contributed by atoms with Crippen molar-refractivity contribution in [1.82, 2.24) is 0 Å². The van der Waals surface area contributed by atoms with Crippen LogP contribution in [0.1, 0.15) is 57.9 Å². The molecule has 2 aromatic rings. The van der Waals surface area contributed by atoms with Gasteiger partial charge in [-0.15, -0.1) is 0 Å². The number of hydrogen-bond acceptors (Lipinski definition) is 7. The van der Waals surface area contributed by atoms with Gasteiger partial charge in [0.25, 0.3) is 0 Å². The number of phenolic OH excluding ortho intramolecular Hbond substituents is 2. The second-order valence-corrected chi connectivity index (χ2v) is 7.72. The molecule has 0 aliphatic rings. The van der Waals surface area contributed by atoms with Gasteiger partial charge in [-0.05, 0) is 49.1 Å². The molecule has 7 heteroatoms. The minimum atomic E-state index is -0.396. The molecule has 174 valence electrons. The number of esters is 1. The van der Waals surface area contributed by atoms with E-state index in [0.29, 0.717) is 29.9 Å². The molecular formula is C25H32O7. The van der Waals surface area contributed by atoms with Crippen LogP contribution in [0.2, 0.25) is 0 Å². The molecule has 0 heterocycles. The number of carbonyl (C=O) groups is 2. The minimum absolute atomic E-state index is 0.00806. The molecule has 0 spiro atoms. The Kier molecular flexibility index (Phi) is 9.85. The highest BCUT2D eigenvalue weighted by atomic mass is 16.5. The standard InChI is InChI=1S/C25H32O7/c1-4-5-6-9-21(31-17(2)26)16-20(28)12-11-18-13-23(29)25(24(14-18)30-3)32-22-10-7-8-19(27)15-22/h7-8,10,13-15,21,27,29H,4-6,9,11-12,16H2,1-3H3. The van der Waals surface area contributed by atoms with Gasteiger partial charge in [0.15, 0.2) is 11.5 Å². The maximum absolute atomic E-state index is 12.5. The summed E-state index contributed by atoms with van der Waals surface area (Å²) in [5.74, 6) is 0.307. The molecule has 7 nitrogen and oxygen atoms in total. The van der Waals surface area contributed by atoms with Crippen molar-refractivity contribution in [2.45, 2.75) is 64.9 Å². The van der Waals surface area contributed by atoms with Gasteiger partial charge in [0.1, 0.15) is 23.4 Å². The molecule has 2 N–H and O–H groups in total. The van der Waals surface area contributed by atoms with Gasteiger partial charge in [-0.25, -0.2) is 0 Å². The third-order valence-electron chi connectivity index (χ3n) is 4.96. The van der Waals surface area contributed by atoms with E-state index in [0.717, 1.165) is 19.3 Å². The highest BCUT2D eigenvalue weighted by Gasteiger charge is 2.18. The number of phenols is 2. The summed E-state index contributed by atoms with van der Waals surface area (Å²) in [6.07, 6.45) is 4.11. The monoisotopic (exact) mass is 444 g/mol. The van der Waals surface area contributed by atoms with E-state index in [9.17, 15) is 19.8 Å². The normalized spacial score (nSPS) is 11.6. The summed E-state index contributed by atoms with van der Waals surface area (Å²) in [4.78, 5) is 23.8. The van der Waals surface area contributed by atoms with Crippen LogP contribution < -0.4 is 9.47 Å². The summed E-state index contributed by atoms with van der Waals surface area (Å²) in [6, 6.07) is 9.44. The Morgan fingerprint density at radius 1 is 1.09 bits per heavy atom. The van der Waals surface area contributed by atoms with Crippen molar-refractivity contribution < 1.29 is 34.0 Å². The van der Waals surface area contributed by atoms with Gasteiger partial charge in [0, 0.05) is 25.8 Å². The van der Waals surface area contributed by atoms with Gasteiger partial charge in [0.2, 0.25) is 5.75 Å². The lowest BCUT2D eigenvalue weighted by Crippen LogP contribution is -2.20. The number of hydrogen-bond donors (Lipinski definition) is 2. The lowest BCUT2D eigenvalue weighted by atomic mass is 10.0. The maximum atomic E-state index is 12.5. The van der Waals surface area contributed by atoms with Crippen LogP contribution in [-0.4, -0.2) is 35.2 Å². The topological polar surface area (TPSA) is 102 Å². The fraction of sp³-hybridized carbons (Fsp3) is 0.440. The van der Waals surface area contributed by atoms with Crippen LogP contribution in [0.15, 0.2) is 36.4 Å². The van der Waals surface area contributed by atoms with Crippen molar-refractivity contribution >= 4 is 11.8 Å². The van der Waals surface area contributed by atoms with E-state index >= 15 is 0 Å². The van der Waals surface area contributed by atoms with Gasteiger partial charge in [-0.1, -0.05) is 25.8 Å². The van der Waals surface area contributed by atoms with Crippen molar-refractivity contribution in [3.05, 3.63) is 42.0 Å². The molecule has 0 saturated carbocycles. The second kappa shape index (κ2) is 12.6. The largest absolute Gasteiger partial charge is 0.508 e. The number of ketones is 1. The van der Waals surface area contributed by atoms with E-state index in [-0.39, 0.29) is 41.8 Å². The number of aryl methyl sites for hydroxylation is 1. The number of benzene rings is 2. The molecule has 0 aromatic heterocycles. The van der Waals surface area contributed by atoms with Crippen LogP contribution in [0.3, 0.4) is 0 Å². The van der Waals surface area contributed by atoms with E-state index in [1.54, 1.807) is 18.2 Å². The van der Waals surface area contributed by atoms with Crippen LogP contribution in [0.5, 0.6) is 28.7 Å². The second-order valence-electron chi connectivity index (χ2n) is 7.72. The average Bonchev–Trinajstić information content (AvgIpc) is 2.73. The molecule has 0 bridgehead atoms. The summed E-state index contributed by atoms with van der Waals surface area (Å²) in [5.41, 5.74) is 0.714. The van der Waals surface area contributed by atoms with Crippen molar-refractivity contribution in [3.63, 3.8) is 0 Å². The molecule has 1 atom stereocenters. The average molecular weight is 445 g/mol. The molecule has 0 amide bonds. The smallest absolute Gasteiger partial charge is 0.302 e. The number of carbonyl (C=O) groups excluding carboxylic acids is 2. The lowest BCUT2D eigenvalue weighted by Gasteiger charge is -2.16. The first-order valence-electron chi connectivity index (χ1n) is 10.9. The van der Waals surface area contributed by atoms with Crippen LogP contribution >= 0.6 is 0 Å². The molecule has 0 radical (unpaired) electrons. The number of methoxy groups -OCH3 is 1. The number of Topliss-reactive ketones (excluding diaryl/α,β-unsaturated/α-hetero) is 1. The van der Waals surface area contributed by atoms with E-state index in [2.05, 4.69) is 6.92 Å². The Labute approximate surface area is 188 Å². The molecule has 1 unspecified atom stereocenters. The SMILES string of the molecule is CCCCCC(CC(=O)CCc1cc(O)c(Oc2cccc(O)c2)c(OC)c1)OC(C)=O. The van der Waals surface area contributed by atoms with Crippen LogP contribution in [0, 0.1) is 0 Å². The van der Waals surface area contributed by atoms with E-state index < -0.39 is 6.10 Å². The van der Waals surface area contributed by atoms with Crippen molar-refractivity contribution in [2.24, 2.45) is 0 Å². The predicted molar refractivity (Wildman–Crippen MR) is 120 cm³/mol. The maximum Gasteiger partial charge on any atom is 0.302 e. The molecule has 2 rings (SSSR count). The van der Waals surface area contributed by atoms with Gasteiger partial charge in [-0.2, -0.15) is 0 Å². The van der Waals surface area contributed by atoms with Crippen LogP contribution in [0.4, 0.5) is 0 Å². The first-order chi connectivity index (χ1) is 15.3. The summed E-state index contributed by atoms with van der Waals surface area (Å²) in [5, 5.41) is 20.0. The fourth-order valence-corrected chi connectivity index (χ4v) is 3.41. The Morgan fingerprint density at radius 3 is 2.53 bits per heavy atom. The third-order valence-corrected chi connectivity index (χ3v) is 4.96. The Morgan fingerprint density at radius 2 is 1.88 bits per heavy atom. The first-order valence-corrected chi connectivity index (χ1v) is 10.9.